The smallest absolute Gasteiger partial charge is 0.302 e. The Morgan fingerprint density at radius 2 is 1.93 bits per heavy atom. The minimum Gasteiger partial charge on any atom is -0.348 e. The molecule has 0 N–H and O–H groups in total. The van der Waals surface area contributed by atoms with Crippen LogP contribution in [0.15, 0.2) is 17.2 Å². The molecule has 0 spiro atoms. The molecule has 0 unspecified atom stereocenters. The second-order valence-electron chi connectivity index (χ2n) is 3.40. The molecule has 2 aromatic rings. The molecule has 0 atom stereocenters. The van der Waals surface area contributed by atoms with Gasteiger partial charge in [-0.25, -0.2) is 9.97 Å². The van der Waals surface area contributed by atoms with Crippen LogP contribution in [0.1, 0.15) is 0 Å². The predicted octanol–water partition coefficient (Wildman–Crippen LogP) is -0.211. The highest BCUT2D eigenvalue weighted by Crippen LogP contribution is 2.09. The normalized spacial score (nSPS) is 10.6. The van der Waals surface area contributed by atoms with E-state index in [4.69, 9.17) is 0 Å². The van der Waals surface area contributed by atoms with E-state index >= 15 is 0 Å². The fourth-order valence-electron chi connectivity index (χ4n) is 1.44. The molecule has 0 fully saturated rings. The van der Waals surface area contributed by atoms with Gasteiger partial charge in [0.15, 0.2) is 11.2 Å². The van der Waals surface area contributed by atoms with Crippen LogP contribution in [0, 0.1) is 0 Å². The van der Waals surface area contributed by atoms with Crippen molar-refractivity contribution in [2.75, 3.05) is 19.0 Å². The van der Waals surface area contributed by atoms with Crippen molar-refractivity contribution in [2.45, 2.75) is 0 Å². The van der Waals surface area contributed by atoms with Gasteiger partial charge in [-0.3, -0.25) is 9.36 Å². The zero-order valence-electron chi connectivity index (χ0n) is 8.80. The first-order valence-corrected chi connectivity index (χ1v) is 4.46. The summed E-state index contributed by atoms with van der Waals surface area (Å²) in [6.45, 7) is 0. The van der Waals surface area contributed by atoms with Crippen molar-refractivity contribution in [1.29, 1.82) is 0 Å². The SMILES string of the molecule is CN(C)c1nc(=O)c2nccnc2n1C. The average Bonchev–Trinajstić information content (AvgIpc) is 2.23. The van der Waals surface area contributed by atoms with Crippen molar-refractivity contribution >= 4 is 17.1 Å². The molecular formula is C9H11N5O. The van der Waals surface area contributed by atoms with E-state index in [2.05, 4.69) is 15.0 Å². The van der Waals surface area contributed by atoms with Crippen LogP contribution >= 0.6 is 0 Å². The highest BCUT2D eigenvalue weighted by atomic mass is 16.1. The van der Waals surface area contributed by atoms with Crippen molar-refractivity contribution in [3.05, 3.63) is 22.7 Å². The molecule has 15 heavy (non-hydrogen) atoms. The zero-order valence-corrected chi connectivity index (χ0v) is 8.80. The molecule has 0 aliphatic carbocycles. The van der Waals surface area contributed by atoms with Gasteiger partial charge in [0.2, 0.25) is 5.95 Å². The summed E-state index contributed by atoms with van der Waals surface area (Å²) in [4.78, 5) is 25.4. The lowest BCUT2D eigenvalue weighted by Crippen LogP contribution is -2.23. The van der Waals surface area contributed by atoms with Gasteiger partial charge in [0.25, 0.3) is 0 Å². The molecule has 0 amide bonds. The minimum atomic E-state index is -0.347. The molecule has 2 heterocycles. The maximum atomic E-state index is 11.6. The van der Waals surface area contributed by atoms with Crippen molar-refractivity contribution in [2.24, 2.45) is 7.05 Å². The largest absolute Gasteiger partial charge is 0.348 e. The van der Waals surface area contributed by atoms with Gasteiger partial charge in [-0.05, 0) is 0 Å². The number of nitrogens with zero attached hydrogens (tertiary/aromatic N) is 5. The molecule has 0 saturated heterocycles. The maximum Gasteiger partial charge on any atom is 0.302 e. The first-order valence-electron chi connectivity index (χ1n) is 4.46. The summed E-state index contributed by atoms with van der Waals surface area (Å²) in [6.07, 6.45) is 3.04. The Bertz CT molecular complexity index is 560. The Kier molecular flexibility index (Phi) is 2.11. The van der Waals surface area contributed by atoms with E-state index in [-0.39, 0.29) is 5.56 Å². The summed E-state index contributed by atoms with van der Waals surface area (Å²) >= 11 is 0. The first-order chi connectivity index (χ1) is 7.11. The lowest BCUT2D eigenvalue weighted by molar-refractivity contribution is 0.836. The van der Waals surface area contributed by atoms with Gasteiger partial charge in [0, 0.05) is 33.5 Å². The highest BCUT2D eigenvalue weighted by molar-refractivity contribution is 5.70. The summed E-state index contributed by atoms with van der Waals surface area (Å²) in [6, 6.07) is 0. The zero-order chi connectivity index (χ0) is 11.0. The number of aryl methyl sites for hydroxylation is 1. The molecule has 0 aliphatic heterocycles. The molecule has 2 rings (SSSR count). The van der Waals surface area contributed by atoms with Crippen LogP contribution in [0.5, 0.6) is 0 Å². The van der Waals surface area contributed by atoms with E-state index in [0.717, 1.165) is 0 Å². The minimum absolute atomic E-state index is 0.297. The summed E-state index contributed by atoms with van der Waals surface area (Å²) in [7, 11) is 5.45. The molecule has 6 nitrogen and oxygen atoms in total. The quantitative estimate of drug-likeness (QED) is 0.644. The van der Waals surface area contributed by atoms with E-state index in [9.17, 15) is 4.79 Å². The molecule has 0 radical (unpaired) electrons. The standard InChI is InChI=1S/C9H11N5O/c1-13(2)9-12-8(15)6-7(14(9)3)11-5-4-10-6/h4-5H,1-3H3. The average molecular weight is 205 g/mol. The van der Waals surface area contributed by atoms with Crippen LogP contribution < -0.4 is 10.5 Å². The van der Waals surface area contributed by atoms with E-state index in [1.807, 2.05) is 14.1 Å². The van der Waals surface area contributed by atoms with Crippen molar-refractivity contribution in [3.8, 4) is 0 Å². The number of anilines is 1. The summed E-state index contributed by atoms with van der Waals surface area (Å²) in [5.41, 5.74) is 0.492. The Balaban J connectivity index is 2.91. The monoisotopic (exact) mass is 205 g/mol. The van der Waals surface area contributed by atoms with E-state index in [1.54, 1.807) is 22.7 Å². The molecule has 0 aromatic carbocycles. The van der Waals surface area contributed by atoms with Crippen LogP contribution in [0.2, 0.25) is 0 Å². The summed E-state index contributed by atoms with van der Waals surface area (Å²) in [5.74, 6) is 0.563. The molecular weight excluding hydrogens is 194 g/mol. The molecule has 0 bridgehead atoms. The third-order valence-electron chi connectivity index (χ3n) is 2.10. The van der Waals surface area contributed by atoms with Crippen molar-refractivity contribution in [3.63, 3.8) is 0 Å². The fourth-order valence-corrected chi connectivity index (χ4v) is 1.44. The van der Waals surface area contributed by atoms with Crippen molar-refractivity contribution < 1.29 is 0 Å². The van der Waals surface area contributed by atoms with Crippen LogP contribution in [0.4, 0.5) is 5.95 Å². The van der Waals surface area contributed by atoms with E-state index in [1.165, 1.54) is 6.20 Å². The predicted molar refractivity (Wildman–Crippen MR) is 56.9 cm³/mol. The topological polar surface area (TPSA) is 63.9 Å². The first kappa shape index (κ1) is 9.57. The van der Waals surface area contributed by atoms with Crippen LogP contribution in [0.25, 0.3) is 11.2 Å². The highest BCUT2D eigenvalue weighted by Gasteiger charge is 2.10. The van der Waals surface area contributed by atoms with Crippen LogP contribution in [-0.2, 0) is 7.05 Å². The van der Waals surface area contributed by atoms with Gasteiger partial charge >= 0.3 is 5.56 Å². The Labute approximate surface area is 86.2 Å². The van der Waals surface area contributed by atoms with Crippen molar-refractivity contribution in [1.82, 2.24) is 19.5 Å². The van der Waals surface area contributed by atoms with Gasteiger partial charge in [-0.2, -0.15) is 4.98 Å². The van der Waals surface area contributed by atoms with Gasteiger partial charge in [-0.1, -0.05) is 0 Å². The molecule has 0 aliphatic rings. The summed E-state index contributed by atoms with van der Waals surface area (Å²) < 4.78 is 1.74. The number of hydrogen-bond acceptors (Lipinski definition) is 5. The third-order valence-corrected chi connectivity index (χ3v) is 2.10. The van der Waals surface area contributed by atoms with Gasteiger partial charge < -0.3 is 4.90 Å². The molecule has 6 heteroatoms. The van der Waals surface area contributed by atoms with E-state index < -0.39 is 0 Å². The van der Waals surface area contributed by atoms with Crippen LogP contribution in [-0.4, -0.2) is 33.6 Å². The number of rotatable bonds is 1. The molecule has 0 saturated carbocycles. The Morgan fingerprint density at radius 3 is 2.60 bits per heavy atom. The fraction of sp³-hybridized carbons (Fsp3) is 0.333. The van der Waals surface area contributed by atoms with E-state index in [0.29, 0.717) is 17.1 Å². The molecule has 2 aromatic heterocycles. The van der Waals surface area contributed by atoms with Gasteiger partial charge in [-0.15, -0.1) is 0 Å². The second kappa shape index (κ2) is 3.30. The number of fused-ring (bicyclic) bond motifs is 1. The maximum absolute atomic E-state index is 11.6. The lowest BCUT2D eigenvalue weighted by atomic mass is 10.5. The third kappa shape index (κ3) is 1.43. The lowest BCUT2D eigenvalue weighted by Gasteiger charge is -2.15. The Morgan fingerprint density at radius 1 is 1.27 bits per heavy atom. The van der Waals surface area contributed by atoms with Crippen LogP contribution in [0.3, 0.4) is 0 Å². The second-order valence-corrected chi connectivity index (χ2v) is 3.40. The summed E-state index contributed by atoms with van der Waals surface area (Å²) in [5, 5.41) is 0. The van der Waals surface area contributed by atoms with Gasteiger partial charge in [0.05, 0.1) is 0 Å². The Hall–Kier alpha value is -1.98. The van der Waals surface area contributed by atoms with Gasteiger partial charge in [0.1, 0.15) is 0 Å². The number of hydrogen-bond donors (Lipinski definition) is 0. The molecule has 78 valence electrons. The number of aromatic nitrogens is 4.